The highest BCUT2D eigenvalue weighted by atomic mass is 35.5. The molecule has 3 rings (SSSR count). The third-order valence-electron chi connectivity index (χ3n) is 3.17. The second-order valence-electron chi connectivity index (χ2n) is 4.59. The van der Waals surface area contributed by atoms with E-state index in [2.05, 4.69) is 15.3 Å². The molecule has 5 nitrogen and oxygen atoms in total. The minimum atomic E-state index is -0.625. The lowest BCUT2D eigenvalue weighted by Crippen LogP contribution is -2.13. The first-order valence-electron chi connectivity index (χ1n) is 6.37. The number of anilines is 1. The zero-order valence-electron chi connectivity index (χ0n) is 10.7. The summed E-state index contributed by atoms with van der Waals surface area (Å²) >= 11 is 5.71. The molecule has 104 valence electrons. The molecule has 0 saturated carbocycles. The molecule has 2 heterocycles. The summed E-state index contributed by atoms with van der Waals surface area (Å²) < 4.78 is 5.44. The molecule has 2 aromatic rings. The van der Waals surface area contributed by atoms with E-state index in [0.29, 0.717) is 24.1 Å². The lowest BCUT2D eigenvalue weighted by atomic mass is 10.0. The van der Waals surface area contributed by atoms with Crippen LogP contribution in [0.15, 0.2) is 30.6 Å². The molecule has 0 radical (unpaired) electrons. The van der Waals surface area contributed by atoms with Crippen molar-refractivity contribution in [2.75, 3.05) is 18.5 Å². The van der Waals surface area contributed by atoms with Crippen LogP contribution in [0.4, 0.5) is 5.95 Å². The van der Waals surface area contributed by atoms with E-state index in [-0.39, 0.29) is 0 Å². The monoisotopic (exact) mass is 291 g/mol. The van der Waals surface area contributed by atoms with Gasteiger partial charge in [-0.2, -0.15) is 0 Å². The van der Waals surface area contributed by atoms with Crippen molar-refractivity contribution >= 4 is 17.5 Å². The van der Waals surface area contributed by atoms with Crippen molar-refractivity contribution in [2.24, 2.45) is 0 Å². The van der Waals surface area contributed by atoms with Crippen LogP contribution < -0.4 is 10.1 Å². The molecule has 1 aliphatic heterocycles. The highest BCUT2D eigenvalue weighted by Crippen LogP contribution is 2.28. The van der Waals surface area contributed by atoms with E-state index in [1.807, 2.05) is 18.2 Å². The van der Waals surface area contributed by atoms with Gasteiger partial charge in [-0.05, 0) is 23.3 Å². The van der Waals surface area contributed by atoms with E-state index in [1.165, 1.54) is 12.4 Å². The molecule has 0 bridgehead atoms. The molecule has 20 heavy (non-hydrogen) atoms. The Morgan fingerprint density at radius 1 is 1.35 bits per heavy atom. The number of hydrogen-bond donors (Lipinski definition) is 2. The van der Waals surface area contributed by atoms with Crippen molar-refractivity contribution < 1.29 is 9.84 Å². The summed E-state index contributed by atoms with van der Waals surface area (Å²) in [5.74, 6) is 1.35. The molecule has 2 N–H and O–H groups in total. The van der Waals surface area contributed by atoms with Gasteiger partial charge >= 0.3 is 0 Å². The maximum Gasteiger partial charge on any atom is 0.222 e. The van der Waals surface area contributed by atoms with Crippen LogP contribution in [-0.4, -0.2) is 28.2 Å². The number of nitrogens with one attached hydrogen (secondary N) is 1. The molecule has 1 unspecified atom stereocenters. The maximum absolute atomic E-state index is 10.2. The van der Waals surface area contributed by atoms with E-state index >= 15 is 0 Å². The van der Waals surface area contributed by atoms with Crippen LogP contribution in [0.5, 0.6) is 5.75 Å². The Hall–Kier alpha value is -1.85. The summed E-state index contributed by atoms with van der Waals surface area (Å²) in [6, 6.07) is 5.76. The molecule has 1 aromatic heterocycles. The molecule has 6 heteroatoms. The highest BCUT2D eigenvalue weighted by Gasteiger charge is 2.15. The number of benzene rings is 1. The summed E-state index contributed by atoms with van der Waals surface area (Å²) in [7, 11) is 0. The number of aromatic nitrogens is 2. The number of ether oxygens (including phenoxy) is 1. The summed E-state index contributed by atoms with van der Waals surface area (Å²) in [6.07, 6.45) is 3.29. The zero-order valence-corrected chi connectivity index (χ0v) is 11.5. The van der Waals surface area contributed by atoms with Crippen LogP contribution in [0.3, 0.4) is 0 Å². The van der Waals surface area contributed by atoms with Gasteiger partial charge in [0.15, 0.2) is 0 Å². The van der Waals surface area contributed by atoms with Gasteiger partial charge in [0.1, 0.15) is 5.75 Å². The highest BCUT2D eigenvalue weighted by molar-refractivity contribution is 6.30. The van der Waals surface area contributed by atoms with Crippen LogP contribution in [-0.2, 0) is 6.42 Å². The van der Waals surface area contributed by atoms with Gasteiger partial charge in [0.25, 0.3) is 0 Å². The molecular weight excluding hydrogens is 278 g/mol. The van der Waals surface area contributed by atoms with Gasteiger partial charge in [-0.3, -0.25) is 0 Å². The first kappa shape index (κ1) is 13.1. The Labute approximate surface area is 121 Å². The Bertz CT molecular complexity index is 604. The van der Waals surface area contributed by atoms with Gasteiger partial charge in [-0.1, -0.05) is 17.7 Å². The number of halogens is 1. The van der Waals surface area contributed by atoms with Gasteiger partial charge in [0, 0.05) is 13.0 Å². The lowest BCUT2D eigenvalue weighted by molar-refractivity contribution is 0.191. The average molecular weight is 292 g/mol. The summed E-state index contributed by atoms with van der Waals surface area (Å²) in [6.45, 7) is 1.05. The Morgan fingerprint density at radius 3 is 2.95 bits per heavy atom. The van der Waals surface area contributed by atoms with Gasteiger partial charge in [-0.25, -0.2) is 9.97 Å². The predicted octanol–water partition coefficient (Wildman–Crippen LogP) is 2.21. The van der Waals surface area contributed by atoms with E-state index < -0.39 is 6.10 Å². The molecular formula is C14H14ClN3O2. The second-order valence-corrected chi connectivity index (χ2v) is 5.02. The number of nitrogens with zero attached hydrogens (tertiary/aromatic N) is 2. The molecule has 1 aromatic carbocycles. The van der Waals surface area contributed by atoms with Crippen molar-refractivity contribution in [1.82, 2.24) is 9.97 Å². The van der Waals surface area contributed by atoms with Crippen molar-refractivity contribution in [3.8, 4) is 5.75 Å². The third kappa shape index (κ3) is 2.84. The number of aliphatic hydroxyl groups is 1. The van der Waals surface area contributed by atoms with Gasteiger partial charge in [0.05, 0.1) is 30.1 Å². The molecule has 0 aliphatic carbocycles. The third-order valence-corrected chi connectivity index (χ3v) is 3.37. The van der Waals surface area contributed by atoms with Crippen LogP contribution in [0.2, 0.25) is 5.02 Å². The van der Waals surface area contributed by atoms with Gasteiger partial charge < -0.3 is 15.2 Å². The Kier molecular flexibility index (Phi) is 3.71. The minimum absolute atomic E-state index is 0.335. The van der Waals surface area contributed by atoms with Crippen molar-refractivity contribution in [1.29, 1.82) is 0 Å². The van der Waals surface area contributed by atoms with E-state index in [1.54, 1.807) is 0 Å². The molecule has 0 spiro atoms. The second kappa shape index (κ2) is 5.64. The largest absolute Gasteiger partial charge is 0.493 e. The first-order chi connectivity index (χ1) is 9.72. The van der Waals surface area contributed by atoms with Crippen LogP contribution >= 0.6 is 11.6 Å². The number of aliphatic hydroxyl groups excluding tert-OH is 1. The molecule has 0 fully saturated rings. The number of hydrogen-bond acceptors (Lipinski definition) is 5. The summed E-state index contributed by atoms with van der Waals surface area (Å²) in [5, 5.41) is 13.6. The molecule has 1 atom stereocenters. The molecule has 1 aliphatic rings. The molecule has 0 amide bonds. The maximum atomic E-state index is 10.2. The van der Waals surface area contributed by atoms with Crippen molar-refractivity contribution in [3.05, 3.63) is 46.7 Å². The predicted molar refractivity (Wildman–Crippen MR) is 76.1 cm³/mol. The SMILES string of the molecule is OC(CNc1ncc(Cl)cn1)c1ccc2c(c1)CCO2. The fourth-order valence-electron chi connectivity index (χ4n) is 2.12. The number of fused-ring (bicyclic) bond motifs is 1. The van der Waals surface area contributed by atoms with Crippen LogP contribution in [0, 0.1) is 0 Å². The number of rotatable bonds is 4. The average Bonchev–Trinajstić information content (AvgIpc) is 2.93. The standard InChI is InChI=1S/C14H14ClN3O2/c15-11-6-16-14(17-7-11)18-8-12(19)9-1-2-13-10(5-9)3-4-20-13/h1-2,5-7,12,19H,3-4,8H2,(H,16,17,18). The van der Waals surface area contributed by atoms with Crippen LogP contribution in [0.25, 0.3) is 0 Å². The van der Waals surface area contributed by atoms with Crippen molar-refractivity contribution in [3.63, 3.8) is 0 Å². The fourth-order valence-corrected chi connectivity index (χ4v) is 2.22. The summed E-state index contributed by atoms with van der Waals surface area (Å²) in [5.41, 5.74) is 2.00. The van der Waals surface area contributed by atoms with E-state index in [0.717, 1.165) is 23.3 Å². The Morgan fingerprint density at radius 2 is 2.15 bits per heavy atom. The summed E-state index contributed by atoms with van der Waals surface area (Å²) in [4.78, 5) is 8.03. The van der Waals surface area contributed by atoms with E-state index in [9.17, 15) is 5.11 Å². The van der Waals surface area contributed by atoms with Crippen LogP contribution in [0.1, 0.15) is 17.2 Å². The minimum Gasteiger partial charge on any atom is -0.493 e. The van der Waals surface area contributed by atoms with Gasteiger partial charge in [-0.15, -0.1) is 0 Å². The lowest BCUT2D eigenvalue weighted by Gasteiger charge is -2.13. The fraction of sp³-hybridized carbons (Fsp3) is 0.286. The van der Waals surface area contributed by atoms with E-state index in [4.69, 9.17) is 16.3 Å². The van der Waals surface area contributed by atoms with Crippen molar-refractivity contribution in [2.45, 2.75) is 12.5 Å². The Balaban J connectivity index is 1.64. The quantitative estimate of drug-likeness (QED) is 0.904. The zero-order chi connectivity index (χ0) is 13.9. The smallest absolute Gasteiger partial charge is 0.222 e. The first-order valence-corrected chi connectivity index (χ1v) is 6.75. The normalized spacial score (nSPS) is 14.5. The topological polar surface area (TPSA) is 67.3 Å². The van der Waals surface area contributed by atoms with Gasteiger partial charge in [0.2, 0.25) is 5.95 Å². The molecule has 0 saturated heterocycles.